The van der Waals surface area contributed by atoms with Crippen molar-refractivity contribution in [1.82, 2.24) is 5.32 Å². The summed E-state index contributed by atoms with van der Waals surface area (Å²) in [5, 5.41) is 8.35. The minimum atomic E-state index is -3.97. The Kier molecular flexibility index (Phi) is 13.3. The Morgan fingerprint density at radius 1 is 0.932 bits per heavy atom. The topological polar surface area (TPSA) is 137 Å². The molecule has 0 heterocycles. The average Bonchev–Trinajstić information content (AvgIpc) is 3.00. The lowest BCUT2D eigenvalue weighted by Gasteiger charge is -2.23. The summed E-state index contributed by atoms with van der Waals surface area (Å²) in [5.41, 5.74) is 1.59. The van der Waals surface area contributed by atoms with Crippen LogP contribution in [0.2, 0.25) is 0 Å². The van der Waals surface area contributed by atoms with Gasteiger partial charge >= 0.3 is 11.9 Å². The minimum Gasteiger partial charge on any atom is -0.460 e. The highest BCUT2D eigenvalue weighted by atomic mass is 32.2. The summed E-state index contributed by atoms with van der Waals surface area (Å²) in [6, 6.07) is 21.6. The van der Waals surface area contributed by atoms with Crippen molar-refractivity contribution in [2.45, 2.75) is 52.2 Å². The van der Waals surface area contributed by atoms with E-state index in [-0.39, 0.29) is 25.3 Å². The molecule has 0 aromatic heterocycles. The first-order valence-electron chi connectivity index (χ1n) is 14.5. The van der Waals surface area contributed by atoms with E-state index >= 15 is 0 Å². The number of rotatable bonds is 17. The van der Waals surface area contributed by atoms with Gasteiger partial charge < -0.3 is 19.6 Å². The first-order valence-corrected chi connectivity index (χ1v) is 16.3. The van der Waals surface area contributed by atoms with Gasteiger partial charge in [0.1, 0.15) is 32.1 Å². The number of ether oxygens (including phenoxy) is 2. The summed E-state index contributed by atoms with van der Waals surface area (Å²) < 4.78 is 37.3. The normalized spacial score (nSPS) is 13.1. The largest absolute Gasteiger partial charge is 0.460 e. The second-order valence-electron chi connectivity index (χ2n) is 10.5. The van der Waals surface area contributed by atoms with E-state index < -0.39 is 51.1 Å². The number of carbonyl (C=O) groups excluding carboxylic acids is 3. The van der Waals surface area contributed by atoms with Gasteiger partial charge in [-0.1, -0.05) is 97.7 Å². The number of fused-ring (bicyclic) bond motifs is 1. The van der Waals surface area contributed by atoms with Crippen LogP contribution in [0.15, 0.2) is 78.0 Å². The zero-order chi connectivity index (χ0) is 32.0. The third-order valence-electron chi connectivity index (χ3n) is 6.89. The van der Waals surface area contributed by atoms with Crippen molar-refractivity contribution in [2.75, 3.05) is 25.2 Å². The number of nitrogens with zero attached hydrogens (tertiary/aromatic N) is 1. The molecule has 0 radical (unpaired) electrons. The summed E-state index contributed by atoms with van der Waals surface area (Å²) in [6.07, 6.45) is 1.89. The molecular formula is C33H40N2O8S. The summed E-state index contributed by atoms with van der Waals surface area (Å²) in [4.78, 5) is 43.0. The van der Waals surface area contributed by atoms with Gasteiger partial charge in [-0.25, -0.2) is 13.2 Å². The van der Waals surface area contributed by atoms with E-state index in [1.165, 1.54) is 14.0 Å². The molecule has 3 rings (SSSR count). The third kappa shape index (κ3) is 11.1. The third-order valence-corrected chi connectivity index (χ3v) is 8.58. The molecule has 0 saturated heterocycles. The fourth-order valence-electron chi connectivity index (χ4n) is 4.77. The number of oxime groups is 1. The molecular weight excluding hydrogens is 584 g/mol. The molecule has 0 aliphatic heterocycles. The highest BCUT2D eigenvalue weighted by molar-refractivity contribution is 7.92. The summed E-state index contributed by atoms with van der Waals surface area (Å²) in [7, 11) is -2.71. The number of hydrogen-bond donors (Lipinski definition) is 1. The monoisotopic (exact) mass is 624 g/mol. The van der Waals surface area contributed by atoms with Crippen LogP contribution >= 0.6 is 0 Å². The van der Waals surface area contributed by atoms with Gasteiger partial charge in [0.05, 0.1) is 17.4 Å². The number of amides is 1. The van der Waals surface area contributed by atoms with Gasteiger partial charge in [-0.05, 0) is 34.7 Å². The number of esters is 2. The van der Waals surface area contributed by atoms with E-state index in [0.29, 0.717) is 12.8 Å². The minimum absolute atomic E-state index is 0.0164. The van der Waals surface area contributed by atoms with Crippen molar-refractivity contribution in [1.29, 1.82) is 0 Å². The number of unbranched alkanes of at least 4 members (excludes halogenated alkanes) is 1. The predicted molar refractivity (Wildman–Crippen MR) is 169 cm³/mol. The van der Waals surface area contributed by atoms with Crippen LogP contribution in [0.25, 0.3) is 10.8 Å². The van der Waals surface area contributed by atoms with Crippen molar-refractivity contribution in [3.8, 4) is 0 Å². The van der Waals surface area contributed by atoms with Crippen LogP contribution in [0.5, 0.6) is 0 Å². The number of benzene rings is 3. The van der Waals surface area contributed by atoms with Crippen LogP contribution in [0.4, 0.5) is 0 Å². The van der Waals surface area contributed by atoms with E-state index in [9.17, 15) is 22.8 Å². The molecule has 0 bridgehead atoms. The van der Waals surface area contributed by atoms with Gasteiger partial charge in [-0.15, -0.1) is 0 Å². The molecule has 0 unspecified atom stereocenters. The lowest BCUT2D eigenvalue weighted by atomic mass is 9.95. The van der Waals surface area contributed by atoms with Crippen molar-refractivity contribution >= 4 is 44.2 Å². The van der Waals surface area contributed by atoms with Gasteiger partial charge in [0.15, 0.2) is 9.84 Å². The zero-order valence-electron chi connectivity index (χ0n) is 25.4. The maximum absolute atomic E-state index is 13.8. The molecule has 236 valence electrons. The number of sulfone groups is 1. The number of nitrogens with one attached hydrogen (secondary N) is 1. The molecule has 3 aromatic carbocycles. The van der Waals surface area contributed by atoms with E-state index in [1.807, 2.05) is 79.7 Å². The van der Waals surface area contributed by atoms with Crippen LogP contribution < -0.4 is 5.32 Å². The molecule has 1 amide bonds. The predicted octanol–water partition coefficient (Wildman–Crippen LogP) is 4.40. The van der Waals surface area contributed by atoms with Gasteiger partial charge in [-0.3, -0.25) is 9.59 Å². The first kappa shape index (κ1) is 34.2. The Hall–Kier alpha value is -4.25. The van der Waals surface area contributed by atoms with Gasteiger partial charge in [0.25, 0.3) is 0 Å². The summed E-state index contributed by atoms with van der Waals surface area (Å²) in [5.74, 6) is -3.93. The van der Waals surface area contributed by atoms with E-state index in [2.05, 4.69) is 10.5 Å². The number of carbonyl (C=O) groups is 3. The van der Waals surface area contributed by atoms with Crippen LogP contribution in [0.1, 0.15) is 44.2 Å². The lowest BCUT2D eigenvalue weighted by Crippen LogP contribution is -2.46. The maximum atomic E-state index is 13.8. The van der Waals surface area contributed by atoms with Crippen molar-refractivity contribution in [3.63, 3.8) is 0 Å². The summed E-state index contributed by atoms with van der Waals surface area (Å²) >= 11 is 0. The molecule has 3 aromatic rings. The molecule has 1 N–H and O–H groups in total. The second-order valence-corrected chi connectivity index (χ2v) is 12.6. The highest BCUT2D eigenvalue weighted by Crippen LogP contribution is 2.23. The fraction of sp³-hybridized carbons (Fsp3) is 0.394. The van der Waals surface area contributed by atoms with Crippen LogP contribution in [-0.4, -0.2) is 63.2 Å². The standard InChI is InChI=1S/C33H40N2O8S/c1-4-5-18-31(33(38)43-20-25-12-7-6-8-13-25)34-32(37)28(19-27-16-11-15-26-14-9-10-17-30(26)27)22-44(39,40)23-29(35-41-3)21-42-24(2)36/h6-17,28,31H,4-5,18-23H2,1-3H3,(H,34,37)/b35-29+/t28-,31+/m1/s1. The molecule has 44 heavy (non-hydrogen) atoms. The van der Waals surface area contributed by atoms with E-state index in [0.717, 1.165) is 28.3 Å². The smallest absolute Gasteiger partial charge is 0.328 e. The van der Waals surface area contributed by atoms with Gasteiger partial charge in [0, 0.05) is 6.92 Å². The van der Waals surface area contributed by atoms with Gasteiger partial charge in [-0.2, -0.15) is 0 Å². The first-order chi connectivity index (χ1) is 21.1. The molecule has 0 aliphatic carbocycles. The Morgan fingerprint density at radius 2 is 1.64 bits per heavy atom. The Labute approximate surface area is 258 Å². The quantitative estimate of drug-likeness (QED) is 0.133. The lowest BCUT2D eigenvalue weighted by molar-refractivity contribution is -0.149. The molecule has 11 heteroatoms. The molecule has 10 nitrogen and oxygen atoms in total. The molecule has 0 spiro atoms. The molecule has 2 atom stereocenters. The van der Waals surface area contributed by atoms with E-state index in [1.54, 1.807) is 0 Å². The van der Waals surface area contributed by atoms with Crippen molar-refractivity contribution in [2.24, 2.45) is 11.1 Å². The fourth-order valence-corrected chi connectivity index (χ4v) is 6.41. The van der Waals surface area contributed by atoms with Crippen molar-refractivity contribution in [3.05, 3.63) is 83.9 Å². The second kappa shape index (κ2) is 17.1. The summed E-state index contributed by atoms with van der Waals surface area (Å²) in [6.45, 7) is 2.85. The van der Waals surface area contributed by atoms with Crippen molar-refractivity contribution < 1.29 is 37.1 Å². The van der Waals surface area contributed by atoms with E-state index in [4.69, 9.17) is 14.3 Å². The van der Waals surface area contributed by atoms with Gasteiger partial charge in [0.2, 0.25) is 5.91 Å². The number of hydrogen-bond acceptors (Lipinski definition) is 9. The zero-order valence-corrected chi connectivity index (χ0v) is 26.2. The maximum Gasteiger partial charge on any atom is 0.328 e. The molecule has 0 fully saturated rings. The Bertz CT molecular complexity index is 1530. The highest BCUT2D eigenvalue weighted by Gasteiger charge is 2.31. The molecule has 0 aliphatic rings. The van der Waals surface area contributed by atoms with Crippen LogP contribution in [0.3, 0.4) is 0 Å². The van der Waals surface area contributed by atoms with Crippen LogP contribution in [-0.2, 0) is 51.6 Å². The average molecular weight is 625 g/mol. The molecule has 0 saturated carbocycles. The van der Waals surface area contributed by atoms with Crippen LogP contribution in [0, 0.1) is 5.92 Å². The Morgan fingerprint density at radius 3 is 2.34 bits per heavy atom. The Balaban J connectivity index is 1.87. The SMILES string of the molecule is CCCC[C@H](NC(=O)[C@H](Cc1cccc2ccccc12)CS(=O)(=O)C/C(COC(C)=O)=N/OC)C(=O)OCc1ccccc1.